The summed E-state index contributed by atoms with van der Waals surface area (Å²) < 4.78 is 5.49. The number of rotatable bonds is 1. The summed E-state index contributed by atoms with van der Waals surface area (Å²) in [5, 5.41) is 3.36. The summed E-state index contributed by atoms with van der Waals surface area (Å²) in [5.41, 5.74) is 0.895. The number of nitrogens with one attached hydrogen (secondary N) is 1. The normalized spacial score (nSPS) is 29.1. The maximum atomic E-state index is 12.1. The highest BCUT2D eigenvalue weighted by Gasteiger charge is 2.37. The van der Waals surface area contributed by atoms with Crippen molar-refractivity contribution in [2.45, 2.75) is 45.6 Å². The van der Waals surface area contributed by atoms with E-state index in [1.165, 1.54) is 5.70 Å². The van der Waals surface area contributed by atoms with Crippen LogP contribution in [0.25, 0.3) is 0 Å². The molecule has 3 nitrogen and oxygen atoms in total. The van der Waals surface area contributed by atoms with E-state index >= 15 is 0 Å². The van der Waals surface area contributed by atoms with Crippen LogP contribution >= 0.6 is 0 Å². The molecule has 0 aromatic rings. The number of fused-ring (bicyclic) bond motifs is 1. The summed E-state index contributed by atoms with van der Waals surface area (Å²) in [6, 6.07) is 0. The van der Waals surface area contributed by atoms with Gasteiger partial charge in [-0.15, -0.1) is 0 Å². The fourth-order valence-electron chi connectivity index (χ4n) is 2.58. The largest absolute Gasteiger partial charge is 0.460 e. The van der Waals surface area contributed by atoms with Crippen molar-refractivity contribution in [3.8, 4) is 0 Å². The molecule has 2 unspecified atom stereocenters. The summed E-state index contributed by atoms with van der Waals surface area (Å²) in [4.78, 5) is 12.1. The van der Waals surface area contributed by atoms with Crippen LogP contribution in [0.5, 0.6) is 0 Å². The molecule has 0 bridgehead atoms. The minimum absolute atomic E-state index is 0.0215. The minimum atomic E-state index is -0.371. The maximum absolute atomic E-state index is 12.1. The van der Waals surface area contributed by atoms with Gasteiger partial charge >= 0.3 is 5.97 Å². The lowest BCUT2D eigenvalue weighted by Crippen LogP contribution is -2.34. The molecule has 2 atom stereocenters. The van der Waals surface area contributed by atoms with Crippen molar-refractivity contribution in [2.24, 2.45) is 11.8 Å². The van der Waals surface area contributed by atoms with E-state index in [9.17, 15) is 4.79 Å². The van der Waals surface area contributed by atoms with Crippen LogP contribution in [0.4, 0.5) is 0 Å². The van der Waals surface area contributed by atoms with Crippen molar-refractivity contribution in [3.63, 3.8) is 0 Å². The smallest absolute Gasteiger partial charge is 0.310 e. The SMILES string of the molecule is CC(C)(C)OC(=O)C1CCC=C2NCCC21. The van der Waals surface area contributed by atoms with E-state index in [0.717, 1.165) is 25.8 Å². The fourth-order valence-corrected chi connectivity index (χ4v) is 2.58. The first-order valence-electron chi connectivity index (χ1n) is 6.14. The van der Waals surface area contributed by atoms with Crippen LogP contribution < -0.4 is 5.32 Å². The molecule has 0 radical (unpaired) electrons. The van der Waals surface area contributed by atoms with Crippen LogP contribution in [-0.2, 0) is 9.53 Å². The third-order valence-electron chi connectivity index (χ3n) is 3.22. The highest BCUT2D eigenvalue weighted by molar-refractivity contribution is 5.74. The molecule has 1 aliphatic carbocycles. The average Bonchev–Trinajstić information content (AvgIpc) is 2.61. The van der Waals surface area contributed by atoms with E-state index in [-0.39, 0.29) is 17.5 Å². The number of ether oxygens (including phenoxy) is 1. The quantitative estimate of drug-likeness (QED) is 0.693. The number of allylic oxidation sites excluding steroid dienone is 2. The molecule has 1 aliphatic heterocycles. The third-order valence-corrected chi connectivity index (χ3v) is 3.22. The van der Waals surface area contributed by atoms with Crippen molar-refractivity contribution < 1.29 is 9.53 Å². The predicted molar refractivity (Wildman–Crippen MR) is 62.8 cm³/mol. The number of carbonyl (C=O) groups excluding carboxylic acids is 1. The first-order valence-corrected chi connectivity index (χ1v) is 6.14. The second-order valence-electron chi connectivity index (χ2n) is 5.70. The average molecular weight is 223 g/mol. The molecule has 2 aliphatic rings. The van der Waals surface area contributed by atoms with E-state index in [1.807, 2.05) is 20.8 Å². The van der Waals surface area contributed by atoms with Crippen LogP contribution in [0.15, 0.2) is 11.8 Å². The van der Waals surface area contributed by atoms with Gasteiger partial charge in [-0.1, -0.05) is 6.08 Å². The Labute approximate surface area is 97.2 Å². The van der Waals surface area contributed by atoms with E-state index in [0.29, 0.717) is 5.92 Å². The van der Waals surface area contributed by atoms with Gasteiger partial charge in [0.05, 0.1) is 5.92 Å². The molecule has 2 rings (SSSR count). The molecule has 1 heterocycles. The molecule has 1 saturated heterocycles. The molecule has 0 amide bonds. The Hall–Kier alpha value is -0.990. The zero-order chi connectivity index (χ0) is 11.8. The second kappa shape index (κ2) is 4.11. The molecule has 0 saturated carbocycles. The van der Waals surface area contributed by atoms with Crippen LogP contribution in [0, 0.1) is 11.8 Å². The van der Waals surface area contributed by atoms with Gasteiger partial charge in [-0.25, -0.2) is 0 Å². The van der Waals surface area contributed by atoms with Crippen molar-refractivity contribution in [1.29, 1.82) is 0 Å². The molecule has 16 heavy (non-hydrogen) atoms. The van der Waals surface area contributed by atoms with Crippen LogP contribution in [0.3, 0.4) is 0 Å². The summed E-state index contributed by atoms with van der Waals surface area (Å²) in [6.07, 6.45) is 5.22. The van der Waals surface area contributed by atoms with Gasteiger partial charge in [0.15, 0.2) is 0 Å². The molecule has 1 N–H and O–H groups in total. The topological polar surface area (TPSA) is 38.3 Å². The van der Waals surface area contributed by atoms with Gasteiger partial charge in [0.1, 0.15) is 5.60 Å². The Morgan fingerprint density at radius 1 is 1.44 bits per heavy atom. The maximum Gasteiger partial charge on any atom is 0.310 e. The monoisotopic (exact) mass is 223 g/mol. The van der Waals surface area contributed by atoms with Crippen molar-refractivity contribution in [1.82, 2.24) is 5.32 Å². The number of hydrogen-bond acceptors (Lipinski definition) is 3. The van der Waals surface area contributed by atoms with Gasteiger partial charge in [0.25, 0.3) is 0 Å². The summed E-state index contributed by atoms with van der Waals surface area (Å²) in [6.45, 7) is 6.78. The molecule has 90 valence electrons. The highest BCUT2D eigenvalue weighted by Crippen LogP contribution is 2.36. The molecule has 0 aromatic heterocycles. The number of esters is 1. The Morgan fingerprint density at radius 2 is 2.19 bits per heavy atom. The van der Waals surface area contributed by atoms with Crippen LogP contribution in [-0.4, -0.2) is 18.1 Å². The van der Waals surface area contributed by atoms with Crippen LogP contribution in [0.1, 0.15) is 40.0 Å². The fraction of sp³-hybridized carbons (Fsp3) is 0.769. The first-order chi connectivity index (χ1) is 7.47. The van der Waals surface area contributed by atoms with E-state index < -0.39 is 0 Å². The predicted octanol–water partition coefficient (Wildman–Crippen LogP) is 2.23. The summed E-state index contributed by atoms with van der Waals surface area (Å²) in [7, 11) is 0. The van der Waals surface area contributed by atoms with Gasteiger partial charge in [0.2, 0.25) is 0 Å². The highest BCUT2D eigenvalue weighted by atomic mass is 16.6. The molecular weight excluding hydrogens is 202 g/mol. The first kappa shape index (κ1) is 11.5. The minimum Gasteiger partial charge on any atom is -0.460 e. The van der Waals surface area contributed by atoms with Crippen molar-refractivity contribution in [3.05, 3.63) is 11.8 Å². The Balaban J connectivity index is 2.04. The lowest BCUT2D eigenvalue weighted by atomic mass is 9.81. The summed E-state index contributed by atoms with van der Waals surface area (Å²) >= 11 is 0. The van der Waals surface area contributed by atoms with Gasteiger partial charge in [0, 0.05) is 18.2 Å². The van der Waals surface area contributed by atoms with Gasteiger partial charge < -0.3 is 10.1 Å². The third kappa shape index (κ3) is 2.39. The second-order valence-corrected chi connectivity index (χ2v) is 5.70. The molecule has 0 aromatic carbocycles. The molecule has 1 fully saturated rings. The molecular formula is C13H21NO2. The lowest BCUT2D eigenvalue weighted by Gasteiger charge is -2.29. The van der Waals surface area contributed by atoms with E-state index in [2.05, 4.69) is 11.4 Å². The standard InChI is InChI=1S/C13H21NO2/c1-13(2,3)16-12(15)10-5-4-6-11-9(10)7-8-14-11/h6,9-10,14H,4-5,7-8H2,1-3H3. The Bertz CT molecular complexity index is 314. The number of hydrogen-bond donors (Lipinski definition) is 1. The zero-order valence-corrected chi connectivity index (χ0v) is 10.4. The van der Waals surface area contributed by atoms with Gasteiger partial charge in [-0.3, -0.25) is 4.79 Å². The van der Waals surface area contributed by atoms with Gasteiger partial charge in [-0.05, 0) is 40.0 Å². The Kier molecular flexibility index (Phi) is 2.96. The summed E-state index contributed by atoms with van der Waals surface area (Å²) in [5.74, 6) is 0.421. The van der Waals surface area contributed by atoms with Crippen molar-refractivity contribution in [2.75, 3.05) is 6.54 Å². The molecule has 3 heteroatoms. The molecule has 0 spiro atoms. The van der Waals surface area contributed by atoms with E-state index in [4.69, 9.17) is 4.74 Å². The Morgan fingerprint density at radius 3 is 2.88 bits per heavy atom. The van der Waals surface area contributed by atoms with Crippen LogP contribution in [0.2, 0.25) is 0 Å². The van der Waals surface area contributed by atoms with E-state index in [1.54, 1.807) is 0 Å². The zero-order valence-electron chi connectivity index (χ0n) is 10.4. The van der Waals surface area contributed by atoms with Gasteiger partial charge in [-0.2, -0.15) is 0 Å². The number of carbonyl (C=O) groups is 1. The lowest BCUT2D eigenvalue weighted by molar-refractivity contribution is -0.162. The van der Waals surface area contributed by atoms with Crippen molar-refractivity contribution >= 4 is 5.97 Å².